The van der Waals surface area contributed by atoms with E-state index in [-0.39, 0.29) is 0 Å². The average molecular weight is 278 g/mol. The van der Waals surface area contributed by atoms with E-state index in [1.54, 1.807) is 6.92 Å². The van der Waals surface area contributed by atoms with Crippen LogP contribution in [0.4, 0.5) is 4.79 Å². The summed E-state index contributed by atoms with van der Waals surface area (Å²) < 4.78 is 4.96. The van der Waals surface area contributed by atoms with E-state index in [1.807, 2.05) is 0 Å². The highest BCUT2D eigenvalue weighted by Crippen LogP contribution is 2.38. The molecule has 18 heavy (non-hydrogen) atoms. The molecule has 0 aromatic carbocycles. The van der Waals surface area contributed by atoms with Gasteiger partial charge in [-0.25, -0.2) is 4.79 Å². The summed E-state index contributed by atoms with van der Waals surface area (Å²) in [7, 11) is 0. The zero-order valence-electron chi connectivity index (χ0n) is 10.3. The Bertz CT molecular complexity index is 359. The predicted molar refractivity (Wildman–Crippen MR) is 62.6 cm³/mol. The van der Waals surface area contributed by atoms with E-state index in [2.05, 4.69) is 10.3 Å². The molecule has 7 heteroatoms. The second-order valence-electron chi connectivity index (χ2n) is 4.53. The number of nitrogens with one attached hydrogen (secondary N) is 1. The zero-order chi connectivity index (χ0) is 13.8. The highest BCUT2D eigenvalue weighted by atomic mass is 35.5. The van der Waals surface area contributed by atoms with Crippen LogP contribution < -0.4 is 5.48 Å². The maximum atomic E-state index is 12.0. The van der Waals surface area contributed by atoms with Gasteiger partial charge in [-0.1, -0.05) is 6.42 Å². The van der Waals surface area contributed by atoms with E-state index in [0.717, 1.165) is 12.8 Å². The van der Waals surface area contributed by atoms with Gasteiger partial charge < -0.3 is 9.57 Å². The molecule has 1 saturated carbocycles. The fraction of sp³-hybridized carbons (Fsp3) is 0.727. The summed E-state index contributed by atoms with van der Waals surface area (Å²) in [6, 6.07) is 0. The molecule has 1 N–H and O–H groups in total. The Kier molecular flexibility index (Phi) is 4.95. The Labute approximate surface area is 110 Å². The van der Waals surface area contributed by atoms with Crippen molar-refractivity contribution in [2.24, 2.45) is 5.41 Å². The van der Waals surface area contributed by atoms with Gasteiger partial charge in [0.25, 0.3) is 5.91 Å². The standard InChI is InChI=1S/C11H16ClNO5/c1-7(14)18-13-9(15)11(2)6-4-3-5-8(11)17-10(12)16/h8H,3-6H2,1-2H3,(H,13,15). The molecule has 2 unspecified atom stereocenters. The second-order valence-corrected chi connectivity index (χ2v) is 4.84. The molecule has 6 nitrogen and oxygen atoms in total. The van der Waals surface area contributed by atoms with Crippen LogP contribution in [0.2, 0.25) is 0 Å². The first-order chi connectivity index (χ1) is 8.36. The van der Waals surface area contributed by atoms with Crippen LogP contribution in [0.5, 0.6) is 0 Å². The van der Waals surface area contributed by atoms with E-state index in [9.17, 15) is 14.4 Å². The van der Waals surface area contributed by atoms with Crippen LogP contribution in [-0.4, -0.2) is 23.4 Å². The van der Waals surface area contributed by atoms with Crippen molar-refractivity contribution in [2.75, 3.05) is 0 Å². The molecule has 0 radical (unpaired) electrons. The lowest BCUT2D eigenvalue weighted by molar-refractivity contribution is -0.164. The molecule has 0 spiro atoms. The lowest BCUT2D eigenvalue weighted by Crippen LogP contribution is -2.50. The first kappa shape index (κ1) is 14.8. The van der Waals surface area contributed by atoms with Crippen LogP contribution in [0, 0.1) is 5.41 Å². The van der Waals surface area contributed by atoms with Gasteiger partial charge in [0.15, 0.2) is 0 Å². The molecular formula is C11H16ClNO5. The minimum Gasteiger partial charge on any atom is -0.449 e. The summed E-state index contributed by atoms with van der Waals surface area (Å²) in [5, 5.41) is 0. The second kappa shape index (κ2) is 6.04. The van der Waals surface area contributed by atoms with Crippen LogP contribution in [0.15, 0.2) is 0 Å². The topological polar surface area (TPSA) is 81.7 Å². The largest absolute Gasteiger partial charge is 0.449 e. The Morgan fingerprint density at radius 1 is 1.33 bits per heavy atom. The number of amides is 1. The summed E-state index contributed by atoms with van der Waals surface area (Å²) in [5.74, 6) is -1.10. The average Bonchev–Trinajstić information content (AvgIpc) is 2.28. The Morgan fingerprint density at radius 3 is 2.56 bits per heavy atom. The van der Waals surface area contributed by atoms with Crippen molar-refractivity contribution in [3.63, 3.8) is 0 Å². The number of rotatable bonds is 2. The van der Waals surface area contributed by atoms with Gasteiger partial charge in [-0.15, -0.1) is 0 Å². The lowest BCUT2D eigenvalue weighted by atomic mass is 9.72. The molecule has 2 atom stereocenters. The quantitative estimate of drug-likeness (QED) is 0.616. The molecule has 0 aromatic heterocycles. The molecule has 0 bridgehead atoms. The van der Waals surface area contributed by atoms with E-state index in [4.69, 9.17) is 16.3 Å². The number of ether oxygens (including phenoxy) is 1. The van der Waals surface area contributed by atoms with E-state index < -0.39 is 28.8 Å². The minimum absolute atomic E-state index is 0.486. The predicted octanol–water partition coefficient (Wildman–Crippen LogP) is 1.90. The summed E-state index contributed by atoms with van der Waals surface area (Å²) in [6.45, 7) is 2.84. The van der Waals surface area contributed by atoms with Gasteiger partial charge in [0.05, 0.1) is 5.41 Å². The molecule has 1 rings (SSSR count). The molecular weight excluding hydrogens is 262 g/mol. The zero-order valence-corrected chi connectivity index (χ0v) is 11.1. The smallest absolute Gasteiger partial charge is 0.404 e. The van der Waals surface area contributed by atoms with Crippen LogP contribution in [0.3, 0.4) is 0 Å². The van der Waals surface area contributed by atoms with Gasteiger partial charge in [-0.2, -0.15) is 5.48 Å². The van der Waals surface area contributed by atoms with Crippen LogP contribution >= 0.6 is 11.6 Å². The fourth-order valence-corrected chi connectivity index (χ4v) is 2.20. The summed E-state index contributed by atoms with van der Waals surface area (Å²) >= 11 is 5.19. The molecule has 0 aromatic rings. The number of halogens is 1. The summed E-state index contributed by atoms with van der Waals surface area (Å²) in [5.41, 5.74) is 0.204. The SMILES string of the molecule is CC(=O)ONC(=O)C1(C)CCCCC1OC(=O)Cl. The van der Waals surface area contributed by atoms with Gasteiger partial charge in [0.2, 0.25) is 0 Å². The Balaban J connectivity index is 2.74. The van der Waals surface area contributed by atoms with Gasteiger partial charge in [-0.05, 0) is 26.2 Å². The van der Waals surface area contributed by atoms with Crippen LogP contribution in [0.1, 0.15) is 39.5 Å². The highest BCUT2D eigenvalue weighted by Gasteiger charge is 2.45. The Morgan fingerprint density at radius 2 is 2.00 bits per heavy atom. The van der Waals surface area contributed by atoms with Crippen molar-refractivity contribution >= 4 is 28.9 Å². The monoisotopic (exact) mass is 277 g/mol. The van der Waals surface area contributed by atoms with Crippen LogP contribution in [0.25, 0.3) is 0 Å². The van der Waals surface area contributed by atoms with Crippen molar-refractivity contribution < 1.29 is 24.0 Å². The van der Waals surface area contributed by atoms with Crippen molar-refractivity contribution in [2.45, 2.75) is 45.6 Å². The molecule has 1 fully saturated rings. The van der Waals surface area contributed by atoms with Gasteiger partial charge >= 0.3 is 11.4 Å². The van der Waals surface area contributed by atoms with Gasteiger partial charge in [0, 0.05) is 18.5 Å². The van der Waals surface area contributed by atoms with Crippen molar-refractivity contribution in [1.82, 2.24) is 5.48 Å². The fourth-order valence-electron chi connectivity index (χ4n) is 2.10. The first-order valence-electron chi connectivity index (χ1n) is 5.70. The number of hydroxylamine groups is 1. The Hall–Kier alpha value is -1.30. The van der Waals surface area contributed by atoms with E-state index in [0.29, 0.717) is 12.8 Å². The van der Waals surface area contributed by atoms with Crippen molar-refractivity contribution in [3.05, 3.63) is 0 Å². The third-order valence-corrected chi connectivity index (χ3v) is 3.25. The van der Waals surface area contributed by atoms with E-state index >= 15 is 0 Å². The first-order valence-corrected chi connectivity index (χ1v) is 6.08. The van der Waals surface area contributed by atoms with Crippen molar-refractivity contribution in [1.29, 1.82) is 0 Å². The number of hydrogen-bond donors (Lipinski definition) is 1. The minimum atomic E-state index is -0.937. The molecule has 1 amide bonds. The molecule has 0 aliphatic heterocycles. The highest BCUT2D eigenvalue weighted by molar-refractivity contribution is 6.61. The number of carbonyl (C=O) groups excluding carboxylic acids is 3. The third kappa shape index (κ3) is 3.60. The molecule has 1 aliphatic rings. The van der Waals surface area contributed by atoms with Gasteiger partial charge in [-0.3, -0.25) is 9.59 Å². The van der Waals surface area contributed by atoms with Crippen LogP contribution in [-0.2, 0) is 19.2 Å². The molecule has 102 valence electrons. The molecule has 0 heterocycles. The lowest BCUT2D eigenvalue weighted by Gasteiger charge is -2.38. The maximum Gasteiger partial charge on any atom is 0.404 e. The molecule has 1 aliphatic carbocycles. The molecule has 0 saturated heterocycles. The normalized spacial score (nSPS) is 27.2. The van der Waals surface area contributed by atoms with Crippen molar-refractivity contribution in [3.8, 4) is 0 Å². The maximum absolute atomic E-state index is 12.0. The van der Waals surface area contributed by atoms with Gasteiger partial charge in [0.1, 0.15) is 6.10 Å². The van der Waals surface area contributed by atoms with E-state index in [1.165, 1.54) is 6.92 Å². The summed E-state index contributed by atoms with van der Waals surface area (Å²) in [6.07, 6.45) is 2.18. The summed E-state index contributed by atoms with van der Waals surface area (Å²) in [4.78, 5) is 37.9. The number of hydrogen-bond acceptors (Lipinski definition) is 5. The third-order valence-electron chi connectivity index (χ3n) is 3.16. The number of carbonyl (C=O) groups is 3.